The van der Waals surface area contributed by atoms with Gasteiger partial charge >= 0.3 is 5.97 Å². The molecule has 29 heavy (non-hydrogen) atoms. The van der Waals surface area contributed by atoms with Gasteiger partial charge in [-0.05, 0) is 25.3 Å². The number of imide groups is 1. The van der Waals surface area contributed by atoms with Crippen molar-refractivity contribution in [2.75, 3.05) is 11.9 Å². The van der Waals surface area contributed by atoms with Crippen LogP contribution in [0.1, 0.15) is 32.1 Å². The molecule has 3 N–H and O–H groups in total. The fourth-order valence-corrected chi connectivity index (χ4v) is 2.58. The zero-order chi connectivity index (χ0) is 21.6. The van der Waals surface area contributed by atoms with Crippen LogP contribution in [-0.4, -0.2) is 45.3 Å². The molecule has 0 radical (unpaired) electrons. The Bertz CT molecular complexity index is 827. The maximum atomic E-state index is 11.8. The number of nitro benzene ring substituents is 2. The second-order valence-corrected chi connectivity index (χ2v) is 6.24. The fraction of sp³-hybridized carbons (Fsp3) is 0.438. The number of nitro groups is 2. The second-order valence-electron chi connectivity index (χ2n) is 6.24. The Morgan fingerprint density at radius 2 is 1.83 bits per heavy atom. The zero-order valence-corrected chi connectivity index (χ0v) is 15.2. The minimum absolute atomic E-state index is 0.0121. The van der Waals surface area contributed by atoms with Crippen molar-refractivity contribution in [2.24, 2.45) is 5.73 Å². The summed E-state index contributed by atoms with van der Waals surface area (Å²) in [5, 5.41) is 25.0. The first-order valence-corrected chi connectivity index (χ1v) is 8.70. The molecule has 13 heteroatoms. The van der Waals surface area contributed by atoms with Gasteiger partial charge in [0.1, 0.15) is 11.7 Å². The third kappa shape index (κ3) is 5.68. The molecular weight excluding hydrogens is 390 g/mol. The number of nitrogens with one attached hydrogen (secondary N) is 1. The molecule has 0 saturated carbocycles. The number of nitrogens with zero attached hydrogens (tertiary/aromatic N) is 3. The van der Waals surface area contributed by atoms with E-state index in [0.29, 0.717) is 24.4 Å². The molecule has 13 nitrogen and oxygen atoms in total. The number of hydrogen-bond acceptors (Lipinski definition) is 10. The Kier molecular flexibility index (Phi) is 7.14. The topological polar surface area (TPSA) is 188 Å². The molecule has 1 saturated heterocycles. The molecule has 0 aliphatic carbocycles. The lowest BCUT2D eigenvalue weighted by molar-refractivity contribution is -0.393. The number of anilines is 1. The summed E-state index contributed by atoms with van der Waals surface area (Å²) in [5.74, 6) is -2.08. The average Bonchev–Trinajstić information content (AvgIpc) is 2.99. The summed E-state index contributed by atoms with van der Waals surface area (Å²) in [4.78, 5) is 59.7. The van der Waals surface area contributed by atoms with Gasteiger partial charge < -0.3 is 15.9 Å². The van der Waals surface area contributed by atoms with E-state index in [2.05, 4.69) is 5.32 Å². The summed E-state index contributed by atoms with van der Waals surface area (Å²) < 4.78 is 0. The Morgan fingerprint density at radius 1 is 1.17 bits per heavy atom. The first kappa shape index (κ1) is 21.7. The molecule has 0 spiro atoms. The summed E-state index contributed by atoms with van der Waals surface area (Å²) in [6, 6.07) is 2.24. The lowest BCUT2D eigenvalue weighted by Crippen LogP contribution is -2.40. The lowest BCUT2D eigenvalue weighted by atomic mass is 10.1. The van der Waals surface area contributed by atoms with Crippen LogP contribution in [0.25, 0.3) is 0 Å². The molecule has 1 unspecified atom stereocenters. The molecule has 1 aliphatic rings. The summed E-state index contributed by atoms with van der Waals surface area (Å²) >= 11 is 0. The third-order valence-electron chi connectivity index (χ3n) is 4.14. The van der Waals surface area contributed by atoms with Crippen molar-refractivity contribution in [3.8, 4) is 0 Å². The van der Waals surface area contributed by atoms with Crippen molar-refractivity contribution in [3.63, 3.8) is 0 Å². The number of amides is 2. The van der Waals surface area contributed by atoms with Gasteiger partial charge in [-0.2, -0.15) is 0 Å². The van der Waals surface area contributed by atoms with E-state index in [0.717, 1.165) is 12.1 Å². The van der Waals surface area contributed by atoms with E-state index >= 15 is 0 Å². The van der Waals surface area contributed by atoms with E-state index in [1.807, 2.05) is 0 Å². The number of non-ortho nitro benzene ring substituents is 1. The Labute approximate surface area is 164 Å². The van der Waals surface area contributed by atoms with E-state index in [4.69, 9.17) is 10.6 Å². The second kappa shape index (κ2) is 9.54. The standard InChI is InChI=1S/C16H19N5O8/c17-11(16(24)29-19-14(22)6-7-15(19)23)3-1-2-8-18-12-5-4-10(20(25)26)9-13(12)21(27)28/h4-5,9,11,18H,1-3,6-8,17H2. The number of hydroxylamine groups is 2. The van der Waals surface area contributed by atoms with Crippen LogP contribution in [0, 0.1) is 20.2 Å². The van der Waals surface area contributed by atoms with Gasteiger partial charge in [0.15, 0.2) is 0 Å². The first-order valence-electron chi connectivity index (χ1n) is 8.70. The van der Waals surface area contributed by atoms with Crippen LogP contribution < -0.4 is 11.1 Å². The smallest absolute Gasteiger partial charge is 0.349 e. The van der Waals surface area contributed by atoms with Crippen molar-refractivity contribution >= 4 is 34.8 Å². The maximum absolute atomic E-state index is 11.8. The highest BCUT2D eigenvalue weighted by Gasteiger charge is 2.34. The van der Waals surface area contributed by atoms with Gasteiger partial charge in [0.05, 0.1) is 15.9 Å². The number of unbranched alkanes of at least 4 members (excludes halogenated alkanes) is 1. The lowest BCUT2D eigenvalue weighted by Gasteiger charge is -2.16. The van der Waals surface area contributed by atoms with Crippen LogP contribution in [-0.2, 0) is 19.2 Å². The first-order chi connectivity index (χ1) is 13.7. The predicted molar refractivity (Wildman–Crippen MR) is 97.2 cm³/mol. The largest absolute Gasteiger partial charge is 0.379 e. The van der Waals surface area contributed by atoms with Crippen molar-refractivity contribution in [2.45, 2.75) is 38.1 Å². The molecule has 1 fully saturated rings. The number of benzene rings is 1. The van der Waals surface area contributed by atoms with Crippen LogP contribution in [0.3, 0.4) is 0 Å². The highest BCUT2D eigenvalue weighted by Crippen LogP contribution is 2.28. The van der Waals surface area contributed by atoms with Crippen LogP contribution in [0.4, 0.5) is 17.1 Å². The molecule has 1 aromatic carbocycles. The molecule has 0 aromatic heterocycles. The molecule has 1 heterocycles. The average molecular weight is 409 g/mol. The van der Waals surface area contributed by atoms with Crippen LogP contribution in [0.5, 0.6) is 0 Å². The summed E-state index contributed by atoms with van der Waals surface area (Å²) in [6.07, 6.45) is 1.12. The molecule has 2 rings (SSSR count). The molecular formula is C16H19N5O8. The number of carbonyl (C=O) groups is 3. The van der Waals surface area contributed by atoms with E-state index in [-0.39, 0.29) is 30.6 Å². The highest BCUT2D eigenvalue weighted by atomic mass is 16.7. The van der Waals surface area contributed by atoms with Crippen molar-refractivity contribution in [3.05, 3.63) is 38.4 Å². The van der Waals surface area contributed by atoms with Crippen molar-refractivity contribution in [1.82, 2.24) is 5.06 Å². The molecule has 1 atom stereocenters. The number of hydrogen-bond donors (Lipinski definition) is 2. The quantitative estimate of drug-likeness (QED) is 0.244. The SMILES string of the molecule is NC(CCCCNc1ccc([N+](=O)[O-])cc1[N+](=O)[O-])C(=O)ON1C(=O)CCC1=O. The van der Waals surface area contributed by atoms with E-state index in [1.54, 1.807) is 0 Å². The fourth-order valence-electron chi connectivity index (χ4n) is 2.58. The van der Waals surface area contributed by atoms with Crippen molar-refractivity contribution < 1.29 is 29.1 Å². The van der Waals surface area contributed by atoms with Gasteiger partial charge in [0.25, 0.3) is 23.2 Å². The van der Waals surface area contributed by atoms with Gasteiger partial charge in [-0.1, -0.05) is 0 Å². The number of rotatable bonds is 10. The minimum atomic E-state index is -1.04. The summed E-state index contributed by atoms with van der Waals surface area (Å²) in [6.45, 7) is 0.295. The van der Waals surface area contributed by atoms with Crippen LogP contribution in [0.15, 0.2) is 18.2 Å². The Morgan fingerprint density at radius 3 is 2.41 bits per heavy atom. The van der Waals surface area contributed by atoms with Crippen LogP contribution in [0.2, 0.25) is 0 Å². The monoisotopic (exact) mass is 409 g/mol. The molecule has 156 valence electrons. The van der Waals surface area contributed by atoms with Gasteiger partial charge in [0.2, 0.25) is 0 Å². The van der Waals surface area contributed by atoms with Crippen molar-refractivity contribution in [1.29, 1.82) is 0 Å². The summed E-state index contributed by atoms with van der Waals surface area (Å²) in [7, 11) is 0. The normalized spacial score (nSPS) is 14.6. The Hall–Kier alpha value is -3.61. The van der Waals surface area contributed by atoms with E-state index in [9.17, 15) is 34.6 Å². The summed E-state index contributed by atoms with van der Waals surface area (Å²) in [5.41, 5.74) is 5.02. The zero-order valence-electron chi connectivity index (χ0n) is 15.2. The minimum Gasteiger partial charge on any atom is -0.379 e. The third-order valence-corrected chi connectivity index (χ3v) is 4.14. The molecule has 1 aliphatic heterocycles. The van der Waals surface area contributed by atoms with Crippen LogP contribution >= 0.6 is 0 Å². The van der Waals surface area contributed by atoms with E-state index < -0.39 is 39.4 Å². The van der Waals surface area contributed by atoms with E-state index in [1.165, 1.54) is 6.07 Å². The van der Waals surface area contributed by atoms with Gasteiger partial charge in [-0.25, -0.2) is 4.79 Å². The molecule has 1 aromatic rings. The Balaban J connectivity index is 1.77. The maximum Gasteiger partial charge on any atom is 0.349 e. The van der Waals surface area contributed by atoms with Gasteiger partial charge in [-0.15, -0.1) is 5.06 Å². The van der Waals surface area contributed by atoms with Gasteiger partial charge in [0, 0.05) is 25.5 Å². The van der Waals surface area contributed by atoms with Gasteiger partial charge in [-0.3, -0.25) is 29.8 Å². The molecule has 2 amide bonds. The predicted octanol–water partition coefficient (Wildman–Crippen LogP) is 1.02. The highest BCUT2D eigenvalue weighted by molar-refractivity contribution is 6.01. The number of nitrogens with two attached hydrogens (primary N) is 1. The number of carbonyl (C=O) groups excluding carboxylic acids is 3. The molecule has 0 bridgehead atoms.